The molecule has 22 heavy (non-hydrogen) atoms. The van der Waals surface area contributed by atoms with Crippen molar-refractivity contribution in [3.63, 3.8) is 0 Å². The zero-order valence-corrected chi connectivity index (χ0v) is 13.3. The standard InChI is InChI=1S/C16H19N3O2S/c20-19(21)16-7-6-15(22-16)13-18-10-8-17(9-11-18)12-14-4-2-1-3-5-14/h1-7H,8-13H2/p+2. The van der Waals surface area contributed by atoms with Gasteiger partial charge in [-0.25, -0.2) is 0 Å². The van der Waals surface area contributed by atoms with Gasteiger partial charge in [0.2, 0.25) is 0 Å². The molecular formula is C16H21N3O2S+2. The summed E-state index contributed by atoms with van der Waals surface area (Å²) in [4.78, 5) is 14.7. The van der Waals surface area contributed by atoms with E-state index in [-0.39, 0.29) is 9.92 Å². The highest BCUT2D eigenvalue weighted by Crippen LogP contribution is 2.22. The van der Waals surface area contributed by atoms with Crippen molar-refractivity contribution in [2.45, 2.75) is 13.1 Å². The predicted molar refractivity (Wildman–Crippen MR) is 86.2 cm³/mol. The van der Waals surface area contributed by atoms with Gasteiger partial charge in [-0.05, 0) is 6.07 Å². The third-order valence-electron chi connectivity index (χ3n) is 4.21. The molecule has 3 rings (SSSR count). The van der Waals surface area contributed by atoms with Crippen molar-refractivity contribution in [2.24, 2.45) is 0 Å². The number of nitrogens with one attached hydrogen (secondary N) is 2. The molecule has 0 spiro atoms. The molecule has 0 saturated carbocycles. The highest BCUT2D eigenvalue weighted by molar-refractivity contribution is 7.15. The van der Waals surface area contributed by atoms with Gasteiger partial charge in [0.15, 0.2) is 0 Å². The minimum absolute atomic E-state index is 0.253. The Morgan fingerprint density at radius 3 is 2.18 bits per heavy atom. The fraction of sp³-hybridized carbons (Fsp3) is 0.375. The maximum Gasteiger partial charge on any atom is 0.324 e. The van der Waals surface area contributed by atoms with Crippen LogP contribution in [-0.4, -0.2) is 31.1 Å². The van der Waals surface area contributed by atoms with E-state index >= 15 is 0 Å². The number of quaternary nitrogens is 2. The van der Waals surface area contributed by atoms with E-state index in [4.69, 9.17) is 0 Å². The van der Waals surface area contributed by atoms with Crippen LogP contribution in [0.15, 0.2) is 42.5 Å². The molecule has 2 heterocycles. The van der Waals surface area contributed by atoms with E-state index in [0.717, 1.165) is 44.1 Å². The van der Waals surface area contributed by atoms with E-state index in [1.807, 2.05) is 6.07 Å². The zero-order valence-electron chi connectivity index (χ0n) is 12.5. The minimum atomic E-state index is -0.300. The summed E-state index contributed by atoms with van der Waals surface area (Å²) in [7, 11) is 0. The van der Waals surface area contributed by atoms with Crippen LogP contribution in [0.3, 0.4) is 0 Å². The second-order valence-corrected chi connectivity index (χ2v) is 6.98. The van der Waals surface area contributed by atoms with E-state index in [1.54, 1.807) is 11.0 Å². The Bertz CT molecular complexity index is 621. The fourth-order valence-electron chi connectivity index (χ4n) is 3.00. The van der Waals surface area contributed by atoms with Gasteiger partial charge < -0.3 is 9.80 Å². The molecule has 1 aromatic heterocycles. The zero-order chi connectivity index (χ0) is 15.4. The van der Waals surface area contributed by atoms with E-state index in [1.165, 1.54) is 21.8 Å². The third-order valence-corrected chi connectivity index (χ3v) is 5.25. The summed E-state index contributed by atoms with van der Waals surface area (Å²) in [5, 5.41) is 11.0. The smallest absolute Gasteiger partial charge is 0.322 e. The van der Waals surface area contributed by atoms with Gasteiger partial charge in [-0.15, -0.1) is 0 Å². The lowest BCUT2D eigenvalue weighted by molar-refractivity contribution is -1.02. The summed E-state index contributed by atoms with van der Waals surface area (Å²) < 4.78 is 0. The van der Waals surface area contributed by atoms with Crippen molar-refractivity contribution in [2.75, 3.05) is 26.2 Å². The summed E-state index contributed by atoms with van der Waals surface area (Å²) >= 11 is 1.31. The summed E-state index contributed by atoms with van der Waals surface area (Å²) in [6.07, 6.45) is 0. The van der Waals surface area contributed by atoms with Crippen molar-refractivity contribution in [1.82, 2.24) is 0 Å². The van der Waals surface area contributed by atoms with Crippen molar-refractivity contribution < 1.29 is 14.7 Å². The number of piperazine rings is 1. The quantitative estimate of drug-likeness (QED) is 0.608. The summed E-state index contributed by atoms with van der Waals surface area (Å²) in [6.45, 7) is 6.60. The Morgan fingerprint density at radius 2 is 1.59 bits per heavy atom. The number of rotatable bonds is 5. The molecule has 0 atom stereocenters. The molecule has 6 heteroatoms. The maximum atomic E-state index is 10.7. The van der Waals surface area contributed by atoms with Gasteiger partial charge in [-0.3, -0.25) is 10.1 Å². The van der Waals surface area contributed by atoms with E-state index in [2.05, 4.69) is 30.3 Å². The van der Waals surface area contributed by atoms with Crippen LogP contribution in [0.25, 0.3) is 0 Å². The van der Waals surface area contributed by atoms with Crippen molar-refractivity contribution in [3.05, 3.63) is 63.0 Å². The molecule has 116 valence electrons. The molecule has 0 bridgehead atoms. The lowest BCUT2D eigenvalue weighted by Crippen LogP contribution is -3.27. The van der Waals surface area contributed by atoms with Crippen LogP contribution in [0, 0.1) is 10.1 Å². The molecule has 1 aliphatic heterocycles. The molecule has 0 radical (unpaired) electrons. The number of thiophene rings is 1. The molecule has 2 aromatic rings. The van der Waals surface area contributed by atoms with E-state index in [0.29, 0.717) is 0 Å². The van der Waals surface area contributed by atoms with Crippen LogP contribution in [0.5, 0.6) is 0 Å². The molecule has 1 aromatic carbocycles. The molecule has 5 nitrogen and oxygen atoms in total. The Kier molecular flexibility index (Phi) is 4.82. The van der Waals surface area contributed by atoms with Gasteiger partial charge in [-0.1, -0.05) is 41.7 Å². The molecule has 2 N–H and O–H groups in total. The first-order valence-corrected chi connectivity index (χ1v) is 8.46. The van der Waals surface area contributed by atoms with Crippen molar-refractivity contribution >= 4 is 16.3 Å². The highest BCUT2D eigenvalue weighted by Gasteiger charge is 2.24. The number of hydrogen-bond donors (Lipinski definition) is 2. The van der Waals surface area contributed by atoms with Gasteiger partial charge >= 0.3 is 5.00 Å². The van der Waals surface area contributed by atoms with Gasteiger partial charge in [0.1, 0.15) is 39.3 Å². The van der Waals surface area contributed by atoms with Gasteiger partial charge in [0, 0.05) is 11.6 Å². The average molecular weight is 319 g/mol. The van der Waals surface area contributed by atoms with Crippen LogP contribution in [0.4, 0.5) is 5.00 Å². The Balaban J connectivity index is 1.48. The molecule has 0 unspecified atom stereocenters. The van der Waals surface area contributed by atoms with Gasteiger partial charge in [0.05, 0.1) is 9.80 Å². The summed E-state index contributed by atoms with van der Waals surface area (Å²) in [6, 6.07) is 14.2. The number of nitro groups is 1. The average Bonchev–Trinajstić information content (AvgIpc) is 2.99. The van der Waals surface area contributed by atoms with E-state index in [9.17, 15) is 10.1 Å². The fourth-order valence-corrected chi connectivity index (χ4v) is 3.89. The third kappa shape index (κ3) is 3.91. The lowest BCUT2D eigenvalue weighted by Gasteiger charge is -2.29. The molecule has 1 saturated heterocycles. The van der Waals surface area contributed by atoms with Crippen molar-refractivity contribution in [3.8, 4) is 0 Å². The second kappa shape index (κ2) is 7.00. The number of hydrogen-bond acceptors (Lipinski definition) is 3. The Hall–Kier alpha value is -1.76. The molecular weight excluding hydrogens is 298 g/mol. The van der Waals surface area contributed by atoms with Gasteiger partial charge in [0.25, 0.3) is 0 Å². The van der Waals surface area contributed by atoms with Crippen LogP contribution >= 0.6 is 11.3 Å². The molecule has 0 aliphatic carbocycles. The van der Waals surface area contributed by atoms with Crippen molar-refractivity contribution in [1.29, 1.82) is 0 Å². The van der Waals surface area contributed by atoms with Crippen LogP contribution in [0.2, 0.25) is 0 Å². The second-order valence-electron chi connectivity index (χ2n) is 5.84. The number of benzene rings is 1. The highest BCUT2D eigenvalue weighted by atomic mass is 32.1. The maximum absolute atomic E-state index is 10.7. The minimum Gasteiger partial charge on any atom is -0.322 e. The van der Waals surface area contributed by atoms with Crippen LogP contribution in [0.1, 0.15) is 10.4 Å². The molecule has 0 amide bonds. The first kappa shape index (κ1) is 15.1. The Morgan fingerprint density at radius 1 is 0.955 bits per heavy atom. The number of nitrogens with zero attached hydrogens (tertiary/aromatic N) is 1. The summed E-state index contributed by atoms with van der Waals surface area (Å²) in [5.74, 6) is 0. The van der Waals surface area contributed by atoms with Crippen LogP contribution < -0.4 is 9.80 Å². The molecule has 1 fully saturated rings. The normalized spacial score (nSPS) is 21.6. The van der Waals surface area contributed by atoms with Crippen LogP contribution in [-0.2, 0) is 13.1 Å². The summed E-state index contributed by atoms with van der Waals surface area (Å²) in [5.41, 5.74) is 1.40. The first-order valence-electron chi connectivity index (χ1n) is 7.65. The molecule has 1 aliphatic rings. The lowest BCUT2D eigenvalue weighted by atomic mass is 10.2. The van der Waals surface area contributed by atoms with Gasteiger partial charge in [-0.2, -0.15) is 0 Å². The topological polar surface area (TPSA) is 52.0 Å². The van der Waals surface area contributed by atoms with E-state index < -0.39 is 0 Å². The largest absolute Gasteiger partial charge is 0.324 e. The first-order chi connectivity index (χ1) is 10.7. The predicted octanol–water partition coefficient (Wildman–Crippen LogP) is 0.140. The Labute approximate surface area is 133 Å². The SMILES string of the molecule is O=[N+]([O-])c1ccc(C[NH+]2CC[NH+](Cc3ccccc3)CC2)s1. The monoisotopic (exact) mass is 319 g/mol.